The van der Waals surface area contributed by atoms with Crippen molar-refractivity contribution in [1.82, 2.24) is 15.5 Å². The lowest BCUT2D eigenvalue weighted by Crippen LogP contribution is -2.44. The van der Waals surface area contributed by atoms with Gasteiger partial charge in [0.15, 0.2) is 5.96 Å². The Morgan fingerprint density at radius 1 is 1.10 bits per heavy atom. The van der Waals surface area contributed by atoms with Crippen LogP contribution in [0.15, 0.2) is 29.3 Å². The van der Waals surface area contributed by atoms with E-state index in [4.69, 9.17) is 4.99 Å². The van der Waals surface area contributed by atoms with Gasteiger partial charge in [-0.05, 0) is 49.1 Å². The fraction of sp³-hybridized carbons (Fsp3) is 0.667. The molecular weight excluding hydrogens is 376 g/mol. The second kappa shape index (κ2) is 11.3. The summed E-state index contributed by atoms with van der Waals surface area (Å²) >= 11 is 0. The molecule has 166 valence electrons. The normalized spacial score (nSPS) is 19.2. The number of nitrogens with zero attached hydrogens (tertiary/aromatic N) is 2. The van der Waals surface area contributed by atoms with Crippen molar-refractivity contribution in [2.24, 2.45) is 10.4 Å². The lowest BCUT2D eigenvalue weighted by molar-refractivity contribution is -0.128. The van der Waals surface area contributed by atoms with Gasteiger partial charge >= 0.3 is 0 Å². The minimum atomic E-state index is 0.192. The number of aliphatic imine (C=N–C) groups is 1. The van der Waals surface area contributed by atoms with Crippen LogP contribution in [-0.2, 0) is 17.9 Å². The smallest absolute Gasteiger partial charge is 0.222 e. The Kier molecular flexibility index (Phi) is 8.55. The molecule has 1 amide bonds. The van der Waals surface area contributed by atoms with E-state index in [1.807, 2.05) is 4.90 Å². The molecule has 3 rings (SSSR count). The van der Waals surface area contributed by atoms with E-state index in [0.717, 1.165) is 44.0 Å². The van der Waals surface area contributed by atoms with Gasteiger partial charge in [-0.2, -0.15) is 0 Å². The average molecular weight is 415 g/mol. The summed E-state index contributed by atoms with van der Waals surface area (Å²) in [4.78, 5) is 18.5. The Hall–Kier alpha value is -2.08. The number of carbonyl (C=O) groups is 1. The number of benzene rings is 1. The third-order valence-electron chi connectivity index (χ3n) is 6.52. The first-order chi connectivity index (χ1) is 14.6. The van der Waals surface area contributed by atoms with Gasteiger partial charge in [0.05, 0.1) is 6.54 Å². The van der Waals surface area contributed by atoms with Crippen LogP contribution in [-0.4, -0.2) is 48.1 Å². The fourth-order valence-corrected chi connectivity index (χ4v) is 4.68. The molecule has 2 fully saturated rings. The van der Waals surface area contributed by atoms with E-state index in [2.05, 4.69) is 41.8 Å². The van der Waals surface area contributed by atoms with Crippen molar-refractivity contribution in [3.05, 3.63) is 35.4 Å². The van der Waals surface area contributed by atoms with Crippen molar-refractivity contribution in [3.63, 3.8) is 0 Å². The van der Waals surface area contributed by atoms with Crippen LogP contribution < -0.4 is 10.6 Å². The Morgan fingerprint density at radius 2 is 1.83 bits per heavy atom. The number of nitrogens with one attached hydrogen (secondary N) is 2. The molecule has 1 saturated heterocycles. The third-order valence-corrected chi connectivity index (χ3v) is 6.52. The standard InChI is InChI=1S/C24H38N4O2/c1-2-25-23(27-19-24(14-16-29)12-4-3-5-13-24)26-17-20-8-10-21(11-9-20)18-28-15-6-7-22(28)30/h8-11,29H,2-7,12-19H2,1H3,(H2,25,26,27). The van der Waals surface area contributed by atoms with Crippen molar-refractivity contribution >= 4 is 11.9 Å². The van der Waals surface area contributed by atoms with Crippen LogP contribution in [0.3, 0.4) is 0 Å². The van der Waals surface area contributed by atoms with Gasteiger partial charge in [-0.15, -0.1) is 0 Å². The van der Waals surface area contributed by atoms with Crippen LogP contribution in [0.5, 0.6) is 0 Å². The second-order valence-electron chi connectivity index (χ2n) is 8.82. The maximum absolute atomic E-state index is 11.8. The molecule has 1 heterocycles. The fourth-order valence-electron chi connectivity index (χ4n) is 4.68. The van der Waals surface area contributed by atoms with Crippen LogP contribution in [0.1, 0.15) is 69.4 Å². The highest BCUT2D eigenvalue weighted by Crippen LogP contribution is 2.38. The average Bonchev–Trinajstić information content (AvgIpc) is 3.16. The van der Waals surface area contributed by atoms with Crippen molar-refractivity contribution < 1.29 is 9.90 Å². The lowest BCUT2D eigenvalue weighted by Gasteiger charge is -2.37. The van der Waals surface area contributed by atoms with Crippen molar-refractivity contribution in [3.8, 4) is 0 Å². The highest BCUT2D eigenvalue weighted by molar-refractivity contribution is 5.79. The first kappa shape index (κ1) is 22.6. The molecule has 0 atom stereocenters. The summed E-state index contributed by atoms with van der Waals surface area (Å²) in [5.74, 6) is 1.11. The zero-order valence-electron chi connectivity index (χ0n) is 18.5. The Labute approximate surface area is 181 Å². The number of aliphatic hydroxyl groups is 1. The first-order valence-electron chi connectivity index (χ1n) is 11.6. The molecule has 3 N–H and O–H groups in total. The number of likely N-dealkylation sites (tertiary alicyclic amines) is 1. The number of aliphatic hydroxyl groups excluding tert-OH is 1. The molecule has 2 aliphatic rings. The van der Waals surface area contributed by atoms with E-state index < -0.39 is 0 Å². The predicted octanol–water partition coefficient (Wildman–Crippen LogP) is 3.20. The molecule has 1 aliphatic carbocycles. The molecule has 0 spiro atoms. The molecule has 1 saturated carbocycles. The number of rotatable bonds is 9. The molecule has 0 unspecified atom stereocenters. The van der Waals surface area contributed by atoms with Crippen molar-refractivity contribution in [2.75, 3.05) is 26.2 Å². The number of amides is 1. The SMILES string of the molecule is CCNC(=NCc1ccc(CN2CCCC2=O)cc1)NCC1(CCO)CCCCC1. The summed E-state index contributed by atoms with van der Waals surface area (Å²) < 4.78 is 0. The van der Waals surface area contributed by atoms with Gasteiger partial charge in [0.2, 0.25) is 5.91 Å². The summed E-state index contributed by atoms with van der Waals surface area (Å²) in [5, 5.41) is 16.4. The Balaban J connectivity index is 1.55. The van der Waals surface area contributed by atoms with E-state index in [0.29, 0.717) is 19.5 Å². The summed E-state index contributed by atoms with van der Waals surface area (Å²) in [6, 6.07) is 8.43. The van der Waals surface area contributed by atoms with Gasteiger partial charge in [0, 0.05) is 39.2 Å². The molecule has 0 bridgehead atoms. The summed E-state index contributed by atoms with van der Waals surface area (Å²) in [6.45, 7) is 6.22. The van der Waals surface area contributed by atoms with E-state index >= 15 is 0 Å². The van der Waals surface area contributed by atoms with Crippen molar-refractivity contribution in [2.45, 2.75) is 71.4 Å². The number of hydrogen-bond acceptors (Lipinski definition) is 3. The van der Waals surface area contributed by atoms with Crippen LogP contribution in [0, 0.1) is 5.41 Å². The highest BCUT2D eigenvalue weighted by Gasteiger charge is 2.31. The number of guanidine groups is 1. The van der Waals surface area contributed by atoms with E-state index in [-0.39, 0.29) is 17.9 Å². The molecule has 6 heteroatoms. The Bertz CT molecular complexity index is 690. The van der Waals surface area contributed by atoms with Gasteiger partial charge < -0.3 is 20.6 Å². The molecule has 1 aromatic carbocycles. The zero-order valence-corrected chi connectivity index (χ0v) is 18.5. The minimum absolute atomic E-state index is 0.192. The maximum atomic E-state index is 11.8. The topological polar surface area (TPSA) is 77.0 Å². The van der Waals surface area contributed by atoms with Crippen LogP contribution in [0.2, 0.25) is 0 Å². The second-order valence-corrected chi connectivity index (χ2v) is 8.82. The number of hydrogen-bond donors (Lipinski definition) is 3. The Morgan fingerprint density at radius 3 is 2.47 bits per heavy atom. The molecule has 0 radical (unpaired) electrons. The quantitative estimate of drug-likeness (QED) is 0.428. The monoisotopic (exact) mass is 414 g/mol. The first-order valence-corrected chi connectivity index (χ1v) is 11.6. The number of carbonyl (C=O) groups excluding carboxylic acids is 1. The summed E-state index contributed by atoms with van der Waals surface area (Å²) in [5.41, 5.74) is 2.52. The molecule has 1 aliphatic heterocycles. The van der Waals surface area contributed by atoms with Gasteiger partial charge in [0.1, 0.15) is 0 Å². The van der Waals surface area contributed by atoms with E-state index in [9.17, 15) is 9.90 Å². The molecular formula is C24H38N4O2. The van der Waals surface area contributed by atoms with Gasteiger partial charge in [-0.3, -0.25) is 4.79 Å². The van der Waals surface area contributed by atoms with E-state index in [1.165, 1.54) is 37.7 Å². The van der Waals surface area contributed by atoms with Gasteiger partial charge in [-0.25, -0.2) is 4.99 Å². The third kappa shape index (κ3) is 6.46. The summed E-state index contributed by atoms with van der Waals surface area (Å²) in [7, 11) is 0. The van der Waals surface area contributed by atoms with E-state index in [1.54, 1.807) is 0 Å². The van der Waals surface area contributed by atoms with Crippen LogP contribution >= 0.6 is 0 Å². The molecule has 6 nitrogen and oxygen atoms in total. The molecule has 1 aromatic rings. The maximum Gasteiger partial charge on any atom is 0.222 e. The molecule has 30 heavy (non-hydrogen) atoms. The van der Waals surface area contributed by atoms with Crippen LogP contribution in [0.4, 0.5) is 0 Å². The highest BCUT2D eigenvalue weighted by atomic mass is 16.3. The van der Waals surface area contributed by atoms with Crippen molar-refractivity contribution in [1.29, 1.82) is 0 Å². The largest absolute Gasteiger partial charge is 0.396 e. The zero-order chi connectivity index (χ0) is 21.2. The van der Waals surface area contributed by atoms with Crippen LogP contribution in [0.25, 0.3) is 0 Å². The predicted molar refractivity (Wildman–Crippen MR) is 121 cm³/mol. The summed E-state index contributed by atoms with van der Waals surface area (Å²) in [6.07, 6.45) is 8.71. The minimum Gasteiger partial charge on any atom is -0.396 e. The van der Waals surface area contributed by atoms with Gasteiger partial charge in [-0.1, -0.05) is 43.5 Å². The van der Waals surface area contributed by atoms with Gasteiger partial charge in [0.25, 0.3) is 0 Å². The lowest BCUT2D eigenvalue weighted by atomic mass is 9.72. The molecule has 0 aromatic heterocycles.